The second-order valence-corrected chi connectivity index (χ2v) is 5.21. The minimum atomic E-state index is -4.08. The maximum atomic E-state index is 12.5. The first-order valence-electron chi connectivity index (χ1n) is 5.69. The summed E-state index contributed by atoms with van der Waals surface area (Å²) in [6, 6.07) is 1.74. The van der Waals surface area contributed by atoms with Crippen LogP contribution in [0.4, 0.5) is 19.0 Å². The topological polar surface area (TPSA) is 29.0 Å². The van der Waals surface area contributed by atoms with E-state index in [1.54, 1.807) is 13.0 Å². The summed E-state index contributed by atoms with van der Waals surface area (Å²) in [5.41, 5.74) is 0. The van der Waals surface area contributed by atoms with Crippen LogP contribution in [0.1, 0.15) is 18.7 Å². The standard InChI is InChI=1S/C11H13BrF3N3/c1-7-16-9(12)6-10(17-7)18-4-2-8(3-5-18)11(13,14)15/h6,8H,2-5H2,1H3. The molecule has 1 fully saturated rings. The normalized spacial score (nSPS) is 18.2. The van der Waals surface area contributed by atoms with Crippen LogP contribution in [0.25, 0.3) is 0 Å². The van der Waals surface area contributed by atoms with E-state index in [2.05, 4.69) is 25.9 Å². The maximum absolute atomic E-state index is 12.5. The molecule has 18 heavy (non-hydrogen) atoms. The molecule has 2 rings (SSSR count). The summed E-state index contributed by atoms with van der Waals surface area (Å²) in [7, 11) is 0. The van der Waals surface area contributed by atoms with Crippen LogP contribution in [0.2, 0.25) is 0 Å². The van der Waals surface area contributed by atoms with Gasteiger partial charge >= 0.3 is 6.18 Å². The van der Waals surface area contributed by atoms with Gasteiger partial charge < -0.3 is 4.90 Å². The molecule has 0 radical (unpaired) electrons. The largest absolute Gasteiger partial charge is 0.391 e. The summed E-state index contributed by atoms with van der Waals surface area (Å²) >= 11 is 3.27. The zero-order valence-corrected chi connectivity index (χ0v) is 11.4. The average molecular weight is 324 g/mol. The van der Waals surface area contributed by atoms with Crippen LogP contribution < -0.4 is 4.90 Å². The predicted molar refractivity (Wildman–Crippen MR) is 65.5 cm³/mol. The van der Waals surface area contributed by atoms with Gasteiger partial charge in [-0.25, -0.2) is 9.97 Å². The van der Waals surface area contributed by atoms with Crippen LogP contribution in [0.15, 0.2) is 10.7 Å². The Bertz CT molecular complexity index is 408. The van der Waals surface area contributed by atoms with E-state index in [9.17, 15) is 13.2 Å². The molecule has 0 saturated carbocycles. The average Bonchev–Trinajstić information content (AvgIpc) is 2.27. The lowest BCUT2D eigenvalue weighted by Gasteiger charge is -2.33. The molecule has 1 aromatic rings. The zero-order valence-electron chi connectivity index (χ0n) is 9.84. The van der Waals surface area contributed by atoms with Crippen molar-refractivity contribution in [2.24, 2.45) is 5.92 Å². The van der Waals surface area contributed by atoms with Crippen LogP contribution in [0, 0.1) is 12.8 Å². The van der Waals surface area contributed by atoms with Crippen molar-refractivity contribution in [3.05, 3.63) is 16.5 Å². The highest BCUT2D eigenvalue weighted by Gasteiger charge is 2.41. The number of hydrogen-bond acceptors (Lipinski definition) is 3. The van der Waals surface area contributed by atoms with E-state index < -0.39 is 12.1 Å². The van der Waals surface area contributed by atoms with Gasteiger partial charge in [-0.1, -0.05) is 0 Å². The van der Waals surface area contributed by atoms with Gasteiger partial charge in [-0.3, -0.25) is 0 Å². The van der Waals surface area contributed by atoms with Gasteiger partial charge in [-0.2, -0.15) is 13.2 Å². The molecule has 0 atom stereocenters. The molecular formula is C11H13BrF3N3. The quantitative estimate of drug-likeness (QED) is 0.742. The highest BCUT2D eigenvalue weighted by molar-refractivity contribution is 9.10. The number of piperidine rings is 1. The molecule has 7 heteroatoms. The molecule has 1 aromatic heterocycles. The highest BCUT2D eigenvalue weighted by atomic mass is 79.9. The fourth-order valence-electron chi connectivity index (χ4n) is 2.11. The number of aryl methyl sites for hydroxylation is 1. The summed E-state index contributed by atoms with van der Waals surface area (Å²) < 4.78 is 38.3. The highest BCUT2D eigenvalue weighted by Crippen LogP contribution is 2.35. The lowest BCUT2D eigenvalue weighted by Crippen LogP contribution is -2.39. The van der Waals surface area contributed by atoms with Crippen LogP contribution in [-0.2, 0) is 0 Å². The van der Waals surface area contributed by atoms with Gasteiger partial charge in [0.25, 0.3) is 0 Å². The van der Waals surface area contributed by atoms with Gasteiger partial charge in [-0.15, -0.1) is 0 Å². The van der Waals surface area contributed by atoms with E-state index in [4.69, 9.17) is 0 Å². The summed E-state index contributed by atoms with van der Waals surface area (Å²) in [5, 5.41) is 0. The molecule has 0 aromatic carbocycles. The van der Waals surface area contributed by atoms with E-state index >= 15 is 0 Å². The van der Waals surface area contributed by atoms with Crippen molar-refractivity contribution < 1.29 is 13.2 Å². The Hall–Kier alpha value is -0.850. The Morgan fingerprint density at radius 1 is 1.28 bits per heavy atom. The van der Waals surface area contributed by atoms with Gasteiger partial charge in [0.2, 0.25) is 0 Å². The minimum Gasteiger partial charge on any atom is -0.356 e. The van der Waals surface area contributed by atoms with Crippen LogP contribution in [-0.4, -0.2) is 29.2 Å². The lowest BCUT2D eigenvalue weighted by atomic mass is 9.96. The molecule has 0 unspecified atom stereocenters. The second-order valence-electron chi connectivity index (χ2n) is 4.40. The maximum Gasteiger partial charge on any atom is 0.391 e. The molecule has 3 nitrogen and oxygen atoms in total. The number of rotatable bonds is 1. The minimum absolute atomic E-state index is 0.129. The fourth-order valence-corrected chi connectivity index (χ4v) is 2.58. The Morgan fingerprint density at radius 2 is 1.89 bits per heavy atom. The van der Waals surface area contributed by atoms with E-state index in [1.807, 2.05) is 4.90 Å². The van der Waals surface area contributed by atoms with Crippen molar-refractivity contribution in [2.75, 3.05) is 18.0 Å². The molecule has 2 heterocycles. The molecule has 1 saturated heterocycles. The molecule has 0 amide bonds. The number of alkyl halides is 3. The molecule has 0 spiro atoms. The fraction of sp³-hybridized carbons (Fsp3) is 0.636. The van der Waals surface area contributed by atoms with Crippen LogP contribution in [0.3, 0.4) is 0 Å². The first kappa shape index (κ1) is 13.6. The summed E-state index contributed by atoms with van der Waals surface area (Å²) in [6.07, 6.45) is -3.82. The Morgan fingerprint density at radius 3 is 2.39 bits per heavy atom. The van der Waals surface area contributed by atoms with Crippen molar-refractivity contribution in [1.82, 2.24) is 9.97 Å². The van der Waals surface area contributed by atoms with Gasteiger partial charge in [0.05, 0.1) is 5.92 Å². The third-order valence-electron chi connectivity index (χ3n) is 3.08. The van der Waals surface area contributed by atoms with Gasteiger partial charge in [0.15, 0.2) is 0 Å². The number of anilines is 1. The molecule has 100 valence electrons. The van der Waals surface area contributed by atoms with Crippen molar-refractivity contribution in [1.29, 1.82) is 0 Å². The van der Waals surface area contributed by atoms with E-state index in [0.29, 0.717) is 29.3 Å². The summed E-state index contributed by atoms with van der Waals surface area (Å²) in [5.74, 6) is 0.118. The van der Waals surface area contributed by atoms with E-state index in [1.165, 1.54) is 0 Å². The number of nitrogens with zero attached hydrogens (tertiary/aromatic N) is 3. The van der Waals surface area contributed by atoms with Gasteiger partial charge in [0, 0.05) is 19.2 Å². The number of halogens is 4. The number of hydrogen-bond donors (Lipinski definition) is 0. The first-order chi connectivity index (χ1) is 8.36. The Kier molecular flexibility index (Phi) is 3.79. The predicted octanol–water partition coefficient (Wildman–Crippen LogP) is 3.33. The third kappa shape index (κ3) is 3.13. The zero-order chi connectivity index (χ0) is 13.3. The van der Waals surface area contributed by atoms with Crippen molar-refractivity contribution in [2.45, 2.75) is 25.9 Å². The van der Waals surface area contributed by atoms with Gasteiger partial charge in [-0.05, 0) is 35.7 Å². The van der Waals surface area contributed by atoms with E-state index in [0.717, 1.165) is 0 Å². The monoisotopic (exact) mass is 323 g/mol. The molecule has 1 aliphatic heterocycles. The van der Waals surface area contributed by atoms with Crippen molar-refractivity contribution >= 4 is 21.7 Å². The second kappa shape index (κ2) is 5.03. The summed E-state index contributed by atoms with van der Waals surface area (Å²) in [4.78, 5) is 10.2. The smallest absolute Gasteiger partial charge is 0.356 e. The molecule has 0 aliphatic carbocycles. The van der Waals surface area contributed by atoms with Crippen LogP contribution in [0.5, 0.6) is 0 Å². The van der Waals surface area contributed by atoms with E-state index in [-0.39, 0.29) is 12.8 Å². The molecule has 0 N–H and O–H groups in total. The van der Waals surface area contributed by atoms with Crippen LogP contribution >= 0.6 is 15.9 Å². The molecule has 1 aliphatic rings. The molecular weight excluding hydrogens is 311 g/mol. The Balaban J connectivity index is 2.05. The first-order valence-corrected chi connectivity index (χ1v) is 6.48. The van der Waals surface area contributed by atoms with Gasteiger partial charge in [0.1, 0.15) is 16.2 Å². The van der Waals surface area contributed by atoms with Crippen molar-refractivity contribution in [3.63, 3.8) is 0 Å². The molecule has 0 bridgehead atoms. The third-order valence-corrected chi connectivity index (χ3v) is 3.48. The number of aromatic nitrogens is 2. The van der Waals surface area contributed by atoms with Crippen molar-refractivity contribution in [3.8, 4) is 0 Å². The Labute approximate surface area is 112 Å². The SMILES string of the molecule is Cc1nc(Br)cc(N2CCC(C(F)(F)F)CC2)n1. The summed E-state index contributed by atoms with van der Waals surface area (Å²) in [6.45, 7) is 2.52. The lowest BCUT2D eigenvalue weighted by molar-refractivity contribution is -0.179.